The number of carboxylic acid groups (broad SMARTS) is 2. The maximum absolute atomic E-state index is 11.3. The largest absolute Gasteiger partial charge is 0.479 e. The van der Waals surface area contributed by atoms with Crippen LogP contribution in [-0.4, -0.2) is 131 Å². The molecule has 17 nitrogen and oxygen atoms in total. The molecule has 0 aliphatic rings. The third-order valence-corrected chi connectivity index (χ3v) is 3.00. The predicted octanol–water partition coefficient (Wildman–Crippen LogP) is -3.55. The molecule has 3 atom stereocenters. The minimum atomic E-state index is -1.28. The van der Waals surface area contributed by atoms with Gasteiger partial charge in [-0.05, 0) is 20.8 Å². The van der Waals surface area contributed by atoms with E-state index in [1.165, 1.54) is 20.8 Å². The molecule has 0 saturated carbocycles. The summed E-state index contributed by atoms with van der Waals surface area (Å²) < 4.78 is 22.6. The minimum Gasteiger partial charge on any atom is -0.479 e. The van der Waals surface area contributed by atoms with Crippen LogP contribution in [0.2, 0.25) is 0 Å². The summed E-state index contributed by atoms with van der Waals surface area (Å²) in [5.74, 6) is -6.12. The van der Waals surface area contributed by atoms with E-state index in [1.54, 1.807) is 0 Å². The molecule has 0 fully saturated rings. The highest BCUT2D eigenvalue weighted by Gasteiger charge is 2.19. The Labute approximate surface area is 205 Å². The average Bonchev–Trinajstić information content (AvgIpc) is 2.83. The number of rotatable bonds is 14. The molecule has 0 radical (unpaired) electrons. The van der Waals surface area contributed by atoms with Crippen molar-refractivity contribution in [1.29, 1.82) is 0 Å². The Kier molecular flexibility index (Phi) is 24.1. The fraction of sp³-hybridized carbons (Fsp3) is 0.684. The highest BCUT2D eigenvalue weighted by atomic mass is 16.6. The highest BCUT2D eigenvalue weighted by Crippen LogP contribution is 1.96. The number of aliphatic hydroxyl groups excluding tert-OH is 4. The van der Waals surface area contributed by atoms with Crippen LogP contribution in [0.25, 0.3) is 0 Å². The van der Waals surface area contributed by atoms with Gasteiger partial charge in [-0.25, -0.2) is 28.8 Å². The second-order valence-electron chi connectivity index (χ2n) is 6.06. The molecule has 0 amide bonds. The van der Waals surface area contributed by atoms with Crippen molar-refractivity contribution >= 4 is 35.8 Å². The minimum absolute atomic E-state index is 0.125. The quantitative estimate of drug-likeness (QED) is 0.0717. The summed E-state index contributed by atoms with van der Waals surface area (Å²) in [7, 11) is 0. The number of esters is 4. The molecule has 0 aromatic rings. The van der Waals surface area contributed by atoms with Crippen molar-refractivity contribution in [3.63, 3.8) is 0 Å². The van der Waals surface area contributed by atoms with Gasteiger partial charge in [-0.2, -0.15) is 0 Å². The molecule has 0 spiro atoms. The molecule has 17 heteroatoms. The Morgan fingerprint density at radius 1 is 0.611 bits per heavy atom. The predicted molar refractivity (Wildman–Crippen MR) is 112 cm³/mol. The third kappa shape index (κ3) is 23.8. The van der Waals surface area contributed by atoms with Crippen molar-refractivity contribution in [2.24, 2.45) is 0 Å². The topological polar surface area (TPSA) is 270 Å². The first-order valence-corrected chi connectivity index (χ1v) is 9.99. The van der Waals surface area contributed by atoms with Gasteiger partial charge in [0.2, 0.25) is 0 Å². The Morgan fingerprint density at radius 3 is 1.36 bits per heavy atom. The molecule has 0 rings (SSSR count). The molecule has 0 bridgehead atoms. The molecule has 0 aromatic carbocycles. The monoisotopic (exact) mass is 532 g/mol. The molecule has 6 N–H and O–H groups in total. The second kappa shape index (κ2) is 23.4. The Bertz CT molecular complexity index is 675. The van der Waals surface area contributed by atoms with E-state index in [9.17, 15) is 28.8 Å². The molecular formula is C19H32O17. The van der Waals surface area contributed by atoms with Crippen LogP contribution in [0.4, 0.5) is 0 Å². The highest BCUT2D eigenvalue weighted by molar-refractivity contribution is 5.79. The van der Waals surface area contributed by atoms with Gasteiger partial charge in [-0.15, -0.1) is 0 Å². The van der Waals surface area contributed by atoms with Gasteiger partial charge in [0.15, 0.2) is 18.3 Å². The van der Waals surface area contributed by atoms with Gasteiger partial charge >= 0.3 is 35.8 Å². The lowest BCUT2D eigenvalue weighted by molar-refractivity contribution is -0.170. The summed E-state index contributed by atoms with van der Waals surface area (Å²) in [6.07, 6.45) is -3.66. The molecule has 0 saturated heterocycles. The number of hydrogen-bond donors (Lipinski definition) is 6. The fourth-order valence-corrected chi connectivity index (χ4v) is 1.32. The van der Waals surface area contributed by atoms with Gasteiger partial charge in [0, 0.05) is 0 Å². The lowest BCUT2D eigenvalue weighted by Gasteiger charge is -2.12. The van der Waals surface area contributed by atoms with Crippen molar-refractivity contribution in [3.05, 3.63) is 0 Å². The summed E-state index contributed by atoms with van der Waals surface area (Å²) in [5.41, 5.74) is 0. The summed E-state index contributed by atoms with van der Waals surface area (Å²) in [6, 6.07) is 0. The van der Waals surface area contributed by atoms with Gasteiger partial charge in [-0.1, -0.05) is 0 Å². The van der Waals surface area contributed by atoms with E-state index in [4.69, 9.17) is 35.4 Å². The maximum Gasteiger partial charge on any atom is 0.347 e. The first-order chi connectivity index (χ1) is 16.8. The lowest BCUT2D eigenvalue weighted by Crippen LogP contribution is -2.29. The van der Waals surface area contributed by atoms with Gasteiger partial charge < -0.3 is 54.3 Å². The normalized spacial score (nSPS) is 12.1. The van der Waals surface area contributed by atoms with E-state index < -0.39 is 73.9 Å². The van der Waals surface area contributed by atoms with Gasteiger partial charge in [0.05, 0.1) is 19.8 Å². The van der Waals surface area contributed by atoms with Crippen LogP contribution in [0.5, 0.6) is 0 Å². The number of hydrogen-bond acceptors (Lipinski definition) is 15. The molecule has 210 valence electrons. The molecular weight excluding hydrogens is 500 g/mol. The van der Waals surface area contributed by atoms with E-state index in [1.807, 2.05) is 0 Å². The average molecular weight is 532 g/mol. The van der Waals surface area contributed by atoms with E-state index in [2.05, 4.69) is 18.9 Å². The van der Waals surface area contributed by atoms with Crippen LogP contribution in [0, 0.1) is 0 Å². The van der Waals surface area contributed by atoms with Crippen molar-refractivity contribution in [2.45, 2.75) is 39.1 Å². The van der Waals surface area contributed by atoms with Crippen LogP contribution < -0.4 is 0 Å². The zero-order chi connectivity index (χ0) is 28.7. The molecule has 36 heavy (non-hydrogen) atoms. The number of carbonyl (C=O) groups is 6. The zero-order valence-corrected chi connectivity index (χ0v) is 19.9. The van der Waals surface area contributed by atoms with E-state index in [0.29, 0.717) is 0 Å². The van der Waals surface area contributed by atoms with Gasteiger partial charge in [0.25, 0.3) is 0 Å². The summed E-state index contributed by atoms with van der Waals surface area (Å²) in [6.45, 7) is 0.929. The number of aliphatic hydroxyl groups is 4. The molecule has 3 unspecified atom stereocenters. The lowest BCUT2D eigenvalue weighted by atomic mass is 10.4. The summed E-state index contributed by atoms with van der Waals surface area (Å²) >= 11 is 0. The fourth-order valence-electron chi connectivity index (χ4n) is 1.32. The number of aliphatic carboxylic acids is 2. The van der Waals surface area contributed by atoms with Crippen LogP contribution >= 0.6 is 0 Å². The molecule has 0 aliphatic carbocycles. The van der Waals surface area contributed by atoms with Crippen molar-refractivity contribution in [2.75, 3.05) is 46.2 Å². The standard InChI is InChI=1S/C12H18O10.C5H8O5.C2H6O2/c1-7(11(16)17)21-10(15)6-19-3-4-20-12(18)8(2)22-9(14)5-13;1-3(5(8)9)10-4(7)2-6;3-1-2-4/h7-8,13H,3-6H2,1-2H3,(H,16,17);3,6H,2H2,1H3,(H,8,9);3-4H,1-2H2. The number of carbonyl (C=O) groups excluding carboxylic acids is 4. The Morgan fingerprint density at radius 2 is 1.00 bits per heavy atom. The van der Waals surface area contributed by atoms with Crippen LogP contribution in [0.1, 0.15) is 20.8 Å². The third-order valence-electron chi connectivity index (χ3n) is 3.00. The number of ether oxygens (including phenoxy) is 5. The summed E-state index contributed by atoms with van der Waals surface area (Å²) in [4.78, 5) is 63.8. The first kappa shape index (κ1) is 37.2. The maximum atomic E-state index is 11.3. The van der Waals surface area contributed by atoms with Crippen molar-refractivity contribution in [3.8, 4) is 0 Å². The van der Waals surface area contributed by atoms with Crippen LogP contribution in [0.3, 0.4) is 0 Å². The summed E-state index contributed by atoms with van der Waals surface area (Å²) in [5, 5.41) is 48.5. The van der Waals surface area contributed by atoms with E-state index in [-0.39, 0.29) is 26.4 Å². The molecule has 0 heterocycles. The van der Waals surface area contributed by atoms with Crippen molar-refractivity contribution in [1.82, 2.24) is 0 Å². The van der Waals surface area contributed by atoms with Crippen LogP contribution in [0.15, 0.2) is 0 Å². The van der Waals surface area contributed by atoms with Gasteiger partial charge in [0.1, 0.15) is 26.4 Å². The smallest absolute Gasteiger partial charge is 0.347 e. The van der Waals surface area contributed by atoms with E-state index in [0.717, 1.165) is 0 Å². The Hall–Kier alpha value is -3.38. The first-order valence-electron chi connectivity index (χ1n) is 9.99. The van der Waals surface area contributed by atoms with Crippen LogP contribution in [-0.2, 0) is 52.5 Å². The molecule has 0 aliphatic heterocycles. The zero-order valence-electron chi connectivity index (χ0n) is 19.9. The van der Waals surface area contributed by atoms with Crippen molar-refractivity contribution < 1.29 is 83.1 Å². The van der Waals surface area contributed by atoms with Gasteiger partial charge in [-0.3, -0.25) is 0 Å². The number of carboxylic acids is 2. The molecule has 0 aromatic heterocycles. The SMILES string of the molecule is CC(OC(=O)CO)C(=O)O.CC(OC(=O)COCCOC(=O)C(C)OC(=O)CO)C(=O)O.OCCO. The second-order valence-corrected chi connectivity index (χ2v) is 6.06. The van der Waals surface area contributed by atoms with E-state index >= 15 is 0 Å². The Balaban J connectivity index is -0.000000640.